The fourth-order valence-electron chi connectivity index (χ4n) is 4.58. The molecule has 0 bridgehead atoms. The highest BCUT2D eigenvalue weighted by Crippen LogP contribution is 2.43. The molecule has 218 valence electrons. The van der Waals surface area contributed by atoms with Crippen molar-refractivity contribution >= 4 is 35.0 Å². The quantitative estimate of drug-likeness (QED) is 0.248. The molecule has 0 unspecified atom stereocenters. The molecule has 2 N–H and O–H groups in total. The van der Waals surface area contributed by atoms with Crippen molar-refractivity contribution in [2.24, 2.45) is 0 Å². The fourth-order valence-corrected chi connectivity index (χ4v) is 4.83. The Balaban J connectivity index is 1.61. The van der Waals surface area contributed by atoms with Gasteiger partial charge in [-0.2, -0.15) is 0 Å². The van der Waals surface area contributed by atoms with Gasteiger partial charge >= 0.3 is 6.09 Å². The Kier molecular flexibility index (Phi) is 8.04. The number of pyridine rings is 2. The number of benzene rings is 1. The second kappa shape index (κ2) is 11.7. The number of rotatable bonds is 7. The summed E-state index contributed by atoms with van der Waals surface area (Å²) < 4.78 is 31.3. The van der Waals surface area contributed by atoms with Gasteiger partial charge in [-0.1, -0.05) is 17.7 Å². The molecule has 1 aromatic carbocycles. The molecule has 12 heteroatoms. The van der Waals surface area contributed by atoms with Gasteiger partial charge in [0, 0.05) is 36.6 Å². The number of carbonyl (C=O) groups excluding carboxylic acids is 2. The van der Waals surface area contributed by atoms with Gasteiger partial charge in [-0.15, -0.1) is 0 Å². The van der Waals surface area contributed by atoms with Crippen molar-refractivity contribution in [1.82, 2.24) is 19.9 Å². The van der Waals surface area contributed by atoms with Crippen LogP contribution >= 0.6 is 11.6 Å². The molecule has 1 aliphatic rings. The number of hydrogen-bond acceptors (Lipinski definition) is 8. The average Bonchev–Trinajstić information content (AvgIpc) is 3.31. The molecule has 5 rings (SSSR count). The Morgan fingerprint density at radius 2 is 2.00 bits per heavy atom. The molecule has 0 fully saturated rings. The predicted octanol–water partition coefficient (Wildman–Crippen LogP) is 6.53. The zero-order valence-corrected chi connectivity index (χ0v) is 24.2. The van der Waals surface area contributed by atoms with Gasteiger partial charge in [0.05, 0.1) is 41.0 Å². The van der Waals surface area contributed by atoms with Crippen molar-refractivity contribution in [1.29, 1.82) is 0 Å². The number of hydrogen-bond donors (Lipinski definition) is 2. The summed E-state index contributed by atoms with van der Waals surface area (Å²) in [6, 6.07) is 9.68. The van der Waals surface area contributed by atoms with Crippen molar-refractivity contribution in [3.8, 4) is 22.8 Å². The van der Waals surface area contributed by atoms with Crippen LogP contribution in [0.3, 0.4) is 0 Å². The van der Waals surface area contributed by atoms with Gasteiger partial charge in [-0.3, -0.25) is 14.8 Å². The molecular formula is C30H29ClFN5O5. The Labute approximate surface area is 246 Å². The molecule has 0 aliphatic carbocycles. The highest BCUT2D eigenvalue weighted by Gasteiger charge is 2.37. The van der Waals surface area contributed by atoms with Crippen LogP contribution < -0.4 is 14.8 Å². The second-order valence-electron chi connectivity index (χ2n) is 10.5. The normalized spacial score (nSPS) is 13.0. The number of aromatic nitrogens is 3. The molecule has 4 aromatic rings. The average molecular weight is 594 g/mol. The lowest BCUT2D eigenvalue weighted by Gasteiger charge is -2.29. The summed E-state index contributed by atoms with van der Waals surface area (Å²) in [5.41, 5.74) is 2.08. The van der Waals surface area contributed by atoms with Gasteiger partial charge in [-0.05, 0) is 51.1 Å². The summed E-state index contributed by atoms with van der Waals surface area (Å²) in [5, 5.41) is 3.66. The molecule has 3 aromatic heterocycles. The largest absolute Gasteiger partial charge is 0.493 e. The number of para-hydroxylation sites is 1. The van der Waals surface area contributed by atoms with Gasteiger partial charge in [0.15, 0.2) is 5.75 Å². The lowest BCUT2D eigenvalue weighted by atomic mass is 10.0. The van der Waals surface area contributed by atoms with Crippen LogP contribution in [0.5, 0.6) is 11.5 Å². The number of H-pyrrole nitrogens is 1. The van der Waals surface area contributed by atoms with Gasteiger partial charge in [0.2, 0.25) is 0 Å². The van der Waals surface area contributed by atoms with Gasteiger partial charge in [-0.25, -0.2) is 14.1 Å². The number of methoxy groups -OCH3 is 1. The van der Waals surface area contributed by atoms with Crippen molar-refractivity contribution in [2.75, 3.05) is 19.0 Å². The zero-order chi connectivity index (χ0) is 30.0. The summed E-state index contributed by atoms with van der Waals surface area (Å²) in [5.74, 6) is -0.354. The van der Waals surface area contributed by atoms with Crippen molar-refractivity contribution in [3.05, 3.63) is 82.8 Å². The first-order valence-electron chi connectivity index (χ1n) is 13.1. The van der Waals surface area contributed by atoms with Crippen LogP contribution in [0.1, 0.15) is 42.5 Å². The Hall–Kier alpha value is -4.64. The molecular weight excluding hydrogens is 565 g/mol. The SMILES string of the molecule is COc1c(Cl)cccc1Nc1c(-c2ccncc2OCc2ncccc2F)[nH]c2c1C(=O)N(C(=O)OC(C)(C)C)CC2. The van der Waals surface area contributed by atoms with E-state index < -0.39 is 23.4 Å². The first-order chi connectivity index (χ1) is 20.1. The van der Waals surface area contributed by atoms with Crippen LogP contribution in [0.4, 0.5) is 20.6 Å². The molecule has 0 saturated carbocycles. The molecule has 0 radical (unpaired) electrons. The van der Waals surface area contributed by atoms with Crippen LogP contribution in [0.25, 0.3) is 11.3 Å². The Bertz CT molecular complexity index is 1650. The van der Waals surface area contributed by atoms with E-state index in [1.807, 2.05) is 0 Å². The van der Waals surface area contributed by atoms with Gasteiger partial charge in [0.1, 0.15) is 29.5 Å². The first-order valence-corrected chi connectivity index (χ1v) is 13.5. The lowest BCUT2D eigenvalue weighted by Crippen LogP contribution is -2.44. The minimum Gasteiger partial charge on any atom is -0.493 e. The van der Waals surface area contributed by atoms with Crippen LogP contribution in [-0.4, -0.2) is 51.1 Å². The first kappa shape index (κ1) is 28.9. The van der Waals surface area contributed by atoms with Crippen LogP contribution in [0.2, 0.25) is 5.02 Å². The van der Waals surface area contributed by atoms with E-state index in [1.165, 1.54) is 31.6 Å². The van der Waals surface area contributed by atoms with E-state index in [4.69, 9.17) is 25.8 Å². The Morgan fingerprint density at radius 3 is 2.74 bits per heavy atom. The van der Waals surface area contributed by atoms with Gasteiger partial charge in [0.25, 0.3) is 5.91 Å². The number of nitrogens with one attached hydrogen (secondary N) is 2. The number of ether oxygens (including phenoxy) is 3. The summed E-state index contributed by atoms with van der Waals surface area (Å²) >= 11 is 6.39. The number of halogens is 2. The van der Waals surface area contributed by atoms with Crippen LogP contribution in [0, 0.1) is 5.82 Å². The summed E-state index contributed by atoms with van der Waals surface area (Å²) in [6.45, 7) is 5.18. The third-order valence-corrected chi connectivity index (χ3v) is 6.72. The standard InChI is InChI=1S/C30H29ClFN5O5/c1-30(2,3)42-29(39)37-14-11-20-24(28(37)38)26(36-21-9-5-7-18(31)27(21)40-4)25(35-20)17-10-13-33-15-23(17)41-16-22-19(32)8-6-12-34-22/h5-10,12-13,15,35-36H,11,14,16H2,1-4H3. The fraction of sp³-hybridized carbons (Fsp3) is 0.267. The highest BCUT2D eigenvalue weighted by atomic mass is 35.5. The molecule has 0 spiro atoms. The second-order valence-corrected chi connectivity index (χ2v) is 10.9. The van der Waals surface area contributed by atoms with Crippen LogP contribution in [0.15, 0.2) is 55.0 Å². The number of anilines is 2. The van der Waals surface area contributed by atoms with E-state index in [9.17, 15) is 14.0 Å². The number of carbonyl (C=O) groups is 2. The van der Waals surface area contributed by atoms with E-state index in [1.54, 1.807) is 51.2 Å². The Morgan fingerprint density at radius 1 is 1.19 bits per heavy atom. The molecule has 0 atom stereocenters. The summed E-state index contributed by atoms with van der Waals surface area (Å²) in [6.07, 6.45) is 4.16. The van der Waals surface area contributed by atoms with Crippen LogP contribution in [-0.2, 0) is 17.8 Å². The molecule has 10 nitrogen and oxygen atoms in total. The number of aromatic amines is 1. The third-order valence-electron chi connectivity index (χ3n) is 6.42. The highest BCUT2D eigenvalue weighted by molar-refractivity contribution is 6.32. The van der Waals surface area contributed by atoms with E-state index in [2.05, 4.69) is 20.3 Å². The maximum absolute atomic E-state index is 14.3. The number of fused-ring (bicyclic) bond motifs is 1. The van der Waals surface area contributed by atoms with E-state index in [0.29, 0.717) is 51.3 Å². The lowest BCUT2D eigenvalue weighted by molar-refractivity contribution is 0.0233. The van der Waals surface area contributed by atoms with Gasteiger partial charge < -0.3 is 24.5 Å². The maximum atomic E-state index is 14.3. The molecule has 0 saturated heterocycles. The summed E-state index contributed by atoms with van der Waals surface area (Å²) in [7, 11) is 1.49. The summed E-state index contributed by atoms with van der Waals surface area (Å²) in [4.78, 5) is 39.5. The molecule has 4 heterocycles. The predicted molar refractivity (Wildman–Crippen MR) is 155 cm³/mol. The smallest absolute Gasteiger partial charge is 0.417 e. The molecule has 42 heavy (non-hydrogen) atoms. The van der Waals surface area contributed by atoms with Crippen molar-refractivity contribution < 1.29 is 28.2 Å². The molecule has 2 amide bonds. The minimum atomic E-state index is -0.785. The number of amides is 2. The van der Waals surface area contributed by atoms with Crippen molar-refractivity contribution in [2.45, 2.75) is 39.4 Å². The number of imide groups is 1. The van der Waals surface area contributed by atoms with Crippen molar-refractivity contribution in [3.63, 3.8) is 0 Å². The van der Waals surface area contributed by atoms with E-state index >= 15 is 0 Å². The zero-order valence-electron chi connectivity index (χ0n) is 23.5. The van der Waals surface area contributed by atoms with E-state index in [0.717, 1.165) is 4.90 Å². The minimum absolute atomic E-state index is 0.124. The number of nitrogens with zero attached hydrogens (tertiary/aromatic N) is 3. The van der Waals surface area contributed by atoms with E-state index in [-0.39, 0.29) is 24.4 Å². The topological polar surface area (TPSA) is 119 Å². The monoisotopic (exact) mass is 593 g/mol. The molecule has 1 aliphatic heterocycles. The maximum Gasteiger partial charge on any atom is 0.417 e. The third kappa shape index (κ3) is 5.87.